The van der Waals surface area contributed by atoms with Crippen LogP contribution in [0.15, 0.2) is 23.4 Å². The molecule has 5 heteroatoms. The number of aldehydes is 1. The second kappa shape index (κ2) is 4.10. The van der Waals surface area contributed by atoms with Crippen LogP contribution < -0.4 is 0 Å². The highest BCUT2D eigenvalue weighted by Crippen LogP contribution is 1.99. The van der Waals surface area contributed by atoms with E-state index in [0.29, 0.717) is 17.5 Å². The first-order chi connectivity index (χ1) is 5.86. The predicted octanol–water partition coefficient (Wildman–Crippen LogP) is 1.70. The summed E-state index contributed by atoms with van der Waals surface area (Å²) in [5, 5.41) is 3.33. The van der Waals surface area contributed by atoms with E-state index < -0.39 is 0 Å². The van der Waals surface area contributed by atoms with Crippen molar-refractivity contribution in [2.45, 2.75) is 6.54 Å². The Labute approximate surface area is 68.7 Å². The Bertz CT molecular complexity index is 313. The van der Waals surface area contributed by atoms with Crippen molar-refractivity contribution in [1.82, 2.24) is 4.98 Å². The molecule has 0 radical (unpaired) electrons. The molecule has 0 aromatic carbocycles. The van der Waals surface area contributed by atoms with E-state index in [1.54, 1.807) is 12.1 Å². The van der Waals surface area contributed by atoms with Gasteiger partial charge in [-0.2, -0.15) is 0 Å². The predicted molar refractivity (Wildman–Crippen MR) is 42.5 cm³/mol. The normalized spacial score (nSPS) is 8.67. The topological polar surface area (TPSA) is 78.7 Å². The minimum absolute atomic E-state index is 0.218. The molecular weight excluding hydrogens is 156 g/mol. The van der Waals surface area contributed by atoms with Crippen molar-refractivity contribution in [3.8, 4) is 0 Å². The number of hydrogen-bond donors (Lipinski definition) is 0. The Kier molecular flexibility index (Phi) is 2.81. The first-order valence-corrected chi connectivity index (χ1v) is 3.28. The Morgan fingerprint density at radius 1 is 1.67 bits per heavy atom. The molecule has 0 aliphatic carbocycles. The van der Waals surface area contributed by atoms with Gasteiger partial charge < -0.3 is 0 Å². The van der Waals surface area contributed by atoms with Gasteiger partial charge in [-0.25, -0.2) is 0 Å². The number of azide groups is 1. The lowest BCUT2D eigenvalue weighted by molar-refractivity contribution is 0.112. The summed E-state index contributed by atoms with van der Waals surface area (Å²) in [6, 6.07) is 3.28. The Morgan fingerprint density at radius 3 is 3.00 bits per heavy atom. The molecule has 0 amide bonds. The molecule has 1 aromatic heterocycles. The summed E-state index contributed by atoms with van der Waals surface area (Å²) < 4.78 is 0. The first-order valence-electron chi connectivity index (χ1n) is 3.28. The number of hydrogen-bond acceptors (Lipinski definition) is 3. The highest BCUT2D eigenvalue weighted by Gasteiger charge is 1.92. The van der Waals surface area contributed by atoms with E-state index in [0.717, 1.165) is 0 Å². The molecular formula is C7H6N4O. The van der Waals surface area contributed by atoms with E-state index in [4.69, 9.17) is 5.53 Å². The van der Waals surface area contributed by atoms with Gasteiger partial charge in [-0.1, -0.05) is 5.11 Å². The third-order valence-electron chi connectivity index (χ3n) is 1.28. The number of rotatable bonds is 3. The first kappa shape index (κ1) is 8.23. The zero-order valence-corrected chi connectivity index (χ0v) is 6.21. The van der Waals surface area contributed by atoms with Gasteiger partial charge in [0.2, 0.25) is 0 Å². The fourth-order valence-corrected chi connectivity index (χ4v) is 0.703. The largest absolute Gasteiger partial charge is 0.298 e. The van der Waals surface area contributed by atoms with Crippen LogP contribution in [-0.2, 0) is 6.54 Å². The summed E-state index contributed by atoms with van der Waals surface area (Å²) in [5.41, 5.74) is 9.17. The van der Waals surface area contributed by atoms with E-state index in [1.165, 1.54) is 6.20 Å². The van der Waals surface area contributed by atoms with Crippen LogP contribution in [0, 0.1) is 0 Å². The van der Waals surface area contributed by atoms with Crippen LogP contribution in [-0.4, -0.2) is 11.3 Å². The van der Waals surface area contributed by atoms with Crippen molar-refractivity contribution in [3.05, 3.63) is 40.0 Å². The van der Waals surface area contributed by atoms with Gasteiger partial charge in [-0.15, -0.1) is 0 Å². The minimum atomic E-state index is 0.218. The second-order valence-corrected chi connectivity index (χ2v) is 2.09. The molecule has 12 heavy (non-hydrogen) atoms. The molecule has 0 saturated carbocycles. The van der Waals surface area contributed by atoms with Gasteiger partial charge in [-0.05, 0) is 17.7 Å². The van der Waals surface area contributed by atoms with E-state index >= 15 is 0 Å². The molecule has 1 rings (SSSR count). The summed E-state index contributed by atoms with van der Waals surface area (Å²) in [5.74, 6) is 0. The summed E-state index contributed by atoms with van der Waals surface area (Å²) in [4.78, 5) is 16.7. The average molecular weight is 162 g/mol. The standard InChI is InChI=1S/C7H6N4O/c8-11-10-4-7-2-1-6(5-12)3-9-7/h1-3,5H,4H2. The number of aromatic nitrogens is 1. The maximum atomic E-state index is 10.2. The lowest BCUT2D eigenvalue weighted by Gasteiger charge is -1.93. The van der Waals surface area contributed by atoms with Crippen molar-refractivity contribution in [2.24, 2.45) is 5.11 Å². The molecule has 0 fully saturated rings. The van der Waals surface area contributed by atoms with Crippen LogP contribution in [0.2, 0.25) is 0 Å². The van der Waals surface area contributed by atoms with Gasteiger partial charge in [0.15, 0.2) is 6.29 Å². The number of carbonyl (C=O) groups excluding carboxylic acids is 1. The lowest BCUT2D eigenvalue weighted by atomic mass is 10.3. The summed E-state index contributed by atoms with van der Waals surface area (Å²) in [6.07, 6.45) is 2.15. The minimum Gasteiger partial charge on any atom is -0.298 e. The highest BCUT2D eigenvalue weighted by atomic mass is 16.1. The van der Waals surface area contributed by atoms with Gasteiger partial charge in [0.1, 0.15) is 0 Å². The number of nitrogens with zero attached hydrogens (tertiary/aromatic N) is 4. The van der Waals surface area contributed by atoms with Gasteiger partial charge in [0, 0.05) is 22.4 Å². The van der Waals surface area contributed by atoms with E-state index in [2.05, 4.69) is 15.0 Å². The molecule has 1 heterocycles. The fraction of sp³-hybridized carbons (Fsp3) is 0.143. The zero-order valence-electron chi connectivity index (χ0n) is 6.21. The van der Waals surface area contributed by atoms with Gasteiger partial charge >= 0.3 is 0 Å². The molecule has 0 atom stereocenters. The smallest absolute Gasteiger partial charge is 0.151 e. The Hall–Kier alpha value is -1.87. The molecule has 0 saturated heterocycles. The molecule has 60 valence electrons. The van der Waals surface area contributed by atoms with Gasteiger partial charge in [0.25, 0.3) is 0 Å². The highest BCUT2D eigenvalue weighted by molar-refractivity contribution is 5.73. The van der Waals surface area contributed by atoms with E-state index in [-0.39, 0.29) is 6.54 Å². The summed E-state index contributed by atoms with van der Waals surface area (Å²) >= 11 is 0. The SMILES string of the molecule is [N-]=[N+]=NCc1ccc(C=O)cn1. The molecule has 5 nitrogen and oxygen atoms in total. The van der Waals surface area contributed by atoms with Crippen molar-refractivity contribution < 1.29 is 4.79 Å². The second-order valence-electron chi connectivity index (χ2n) is 2.09. The molecule has 1 aromatic rings. The van der Waals surface area contributed by atoms with Gasteiger partial charge in [-0.3, -0.25) is 9.78 Å². The molecule has 0 aliphatic rings. The third kappa shape index (κ3) is 2.07. The average Bonchev–Trinajstić information content (AvgIpc) is 2.15. The molecule has 0 aliphatic heterocycles. The van der Waals surface area contributed by atoms with Crippen LogP contribution in [0.25, 0.3) is 10.4 Å². The zero-order chi connectivity index (χ0) is 8.81. The Balaban J connectivity index is 2.77. The maximum absolute atomic E-state index is 10.2. The third-order valence-corrected chi connectivity index (χ3v) is 1.28. The lowest BCUT2D eigenvalue weighted by Crippen LogP contribution is -1.88. The molecule has 0 bridgehead atoms. The number of pyridine rings is 1. The molecule has 0 unspecified atom stereocenters. The van der Waals surface area contributed by atoms with E-state index in [9.17, 15) is 4.79 Å². The van der Waals surface area contributed by atoms with E-state index in [1.807, 2.05) is 0 Å². The maximum Gasteiger partial charge on any atom is 0.151 e. The van der Waals surface area contributed by atoms with Crippen LogP contribution in [0.3, 0.4) is 0 Å². The van der Waals surface area contributed by atoms with Crippen molar-refractivity contribution >= 4 is 6.29 Å². The Morgan fingerprint density at radius 2 is 2.50 bits per heavy atom. The van der Waals surface area contributed by atoms with Crippen LogP contribution in [0.5, 0.6) is 0 Å². The van der Waals surface area contributed by atoms with Crippen molar-refractivity contribution in [2.75, 3.05) is 0 Å². The van der Waals surface area contributed by atoms with Crippen LogP contribution in [0.4, 0.5) is 0 Å². The monoisotopic (exact) mass is 162 g/mol. The van der Waals surface area contributed by atoms with Crippen LogP contribution in [0.1, 0.15) is 16.1 Å². The van der Waals surface area contributed by atoms with Crippen molar-refractivity contribution in [3.63, 3.8) is 0 Å². The number of carbonyl (C=O) groups is 1. The van der Waals surface area contributed by atoms with Crippen molar-refractivity contribution in [1.29, 1.82) is 0 Å². The summed E-state index contributed by atoms with van der Waals surface area (Å²) in [7, 11) is 0. The quantitative estimate of drug-likeness (QED) is 0.293. The summed E-state index contributed by atoms with van der Waals surface area (Å²) in [6.45, 7) is 0.218. The van der Waals surface area contributed by atoms with Gasteiger partial charge in [0.05, 0.1) is 6.54 Å². The fourth-order valence-electron chi connectivity index (χ4n) is 0.703. The molecule has 0 N–H and O–H groups in total. The molecule has 0 spiro atoms. The van der Waals surface area contributed by atoms with Crippen LogP contribution >= 0.6 is 0 Å².